The summed E-state index contributed by atoms with van der Waals surface area (Å²) in [6, 6.07) is 3.91. The van der Waals surface area contributed by atoms with E-state index < -0.39 is 9.05 Å². The molecule has 1 aromatic rings. The number of ether oxygens (including phenoxy) is 1. The molecule has 7 heteroatoms. The Balaban J connectivity index is 2.54. The van der Waals surface area contributed by atoms with E-state index in [0.29, 0.717) is 18.7 Å². The van der Waals surface area contributed by atoms with E-state index in [2.05, 4.69) is 5.32 Å². The molecule has 0 fully saturated rings. The van der Waals surface area contributed by atoms with Gasteiger partial charge < -0.3 is 10.1 Å². The zero-order chi connectivity index (χ0) is 11.8. The van der Waals surface area contributed by atoms with Crippen molar-refractivity contribution in [1.82, 2.24) is 5.32 Å². The van der Waals surface area contributed by atoms with E-state index >= 15 is 0 Å². The lowest BCUT2D eigenvalue weighted by molar-refractivity contribution is 0.0957. The van der Waals surface area contributed by atoms with Crippen LogP contribution >= 0.6 is 10.7 Å². The molecule has 0 saturated heterocycles. The summed E-state index contributed by atoms with van der Waals surface area (Å²) in [6.45, 7) is 0.682. The Labute approximate surface area is 96.8 Å². The van der Waals surface area contributed by atoms with Crippen LogP contribution < -0.4 is 10.1 Å². The summed E-state index contributed by atoms with van der Waals surface area (Å²) >= 11 is 0. The first kappa shape index (κ1) is 11.2. The van der Waals surface area contributed by atoms with Crippen molar-refractivity contribution in [1.29, 1.82) is 0 Å². The highest BCUT2D eigenvalue weighted by Gasteiger charge is 2.19. The van der Waals surface area contributed by atoms with Gasteiger partial charge >= 0.3 is 0 Å². The van der Waals surface area contributed by atoms with Crippen LogP contribution in [0.5, 0.6) is 5.75 Å². The first-order chi connectivity index (χ1) is 7.48. The van der Waals surface area contributed by atoms with Gasteiger partial charge in [0.15, 0.2) is 0 Å². The third kappa shape index (κ3) is 2.12. The second-order valence-corrected chi connectivity index (χ2v) is 5.77. The van der Waals surface area contributed by atoms with Crippen LogP contribution in [0.1, 0.15) is 10.4 Å². The Morgan fingerprint density at radius 1 is 1.38 bits per heavy atom. The molecule has 0 unspecified atom stereocenters. The summed E-state index contributed by atoms with van der Waals surface area (Å²) < 4.78 is 27.4. The number of halogens is 1. The van der Waals surface area contributed by atoms with Crippen molar-refractivity contribution in [2.75, 3.05) is 13.2 Å². The molecule has 0 aliphatic carbocycles. The second kappa shape index (κ2) is 3.95. The molecule has 1 amide bonds. The number of rotatable bonds is 1. The molecule has 16 heavy (non-hydrogen) atoms. The summed E-state index contributed by atoms with van der Waals surface area (Å²) in [7, 11) is 1.39. The molecular weight excluding hydrogens is 254 g/mol. The van der Waals surface area contributed by atoms with Crippen LogP contribution in [0.25, 0.3) is 0 Å². The lowest BCUT2D eigenvalue weighted by Crippen LogP contribution is -2.24. The SMILES string of the molecule is O=C1NCCOc2cc(S(=O)(=O)Cl)ccc21. The van der Waals surface area contributed by atoms with E-state index in [-0.39, 0.29) is 16.6 Å². The van der Waals surface area contributed by atoms with E-state index in [1.807, 2.05) is 0 Å². The first-order valence-corrected chi connectivity index (χ1v) is 6.79. The quantitative estimate of drug-likeness (QED) is 0.757. The number of fused-ring (bicyclic) bond motifs is 1. The summed E-state index contributed by atoms with van der Waals surface area (Å²) in [5.41, 5.74) is 0.307. The van der Waals surface area contributed by atoms with Gasteiger partial charge in [-0.1, -0.05) is 0 Å². The minimum absolute atomic E-state index is 0.0809. The maximum Gasteiger partial charge on any atom is 0.261 e. The van der Waals surface area contributed by atoms with Crippen LogP contribution in [-0.2, 0) is 9.05 Å². The average molecular weight is 262 g/mol. The number of hydrogen-bond acceptors (Lipinski definition) is 4. The summed E-state index contributed by atoms with van der Waals surface area (Å²) in [5, 5.41) is 2.61. The van der Waals surface area contributed by atoms with Crippen molar-refractivity contribution >= 4 is 25.6 Å². The Morgan fingerprint density at radius 3 is 2.81 bits per heavy atom. The van der Waals surface area contributed by atoms with E-state index in [1.165, 1.54) is 18.2 Å². The normalized spacial score (nSPS) is 15.7. The standard InChI is InChI=1S/C9H8ClNO4S/c10-16(13,14)6-1-2-7-8(5-6)15-4-3-11-9(7)12/h1-2,5H,3-4H2,(H,11,12). The molecule has 0 saturated carbocycles. The van der Waals surface area contributed by atoms with Gasteiger partial charge in [0.05, 0.1) is 17.0 Å². The van der Waals surface area contributed by atoms with E-state index in [0.717, 1.165) is 0 Å². The van der Waals surface area contributed by atoms with Gasteiger partial charge in [-0.25, -0.2) is 8.42 Å². The Bertz CT molecular complexity index is 540. The lowest BCUT2D eigenvalue weighted by Gasteiger charge is -2.06. The fourth-order valence-corrected chi connectivity index (χ4v) is 2.15. The molecule has 0 spiro atoms. The summed E-state index contributed by atoms with van der Waals surface area (Å²) in [4.78, 5) is 11.4. The molecule has 1 heterocycles. The van der Waals surface area contributed by atoms with Crippen molar-refractivity contribution in [3.05, 3.63) is 23.8 Å². The number of carbonyl (C=O) groups excluding carboxylic acids is 1. The molecule has 0 radical (unpaired) electrons. The van der Waals surface area contributed by atoms with E-state index in [4.69, 9.17) is 15.4 Å². The first-order valence-electron chi connectivity index (χ1n) is 4.48. The molecule has 0 aromatic heterocycles. The number of benzene rings is 1. The Hall–Kier alpha value is -1.27. The topological polar surface area (TPSA) is 72.5 Å². The van der Waals surface area contributed by atoms with Gasteiger partial charge in [-0.15, -0.1) is 0 Å². The van der Waals surface area contributed by atoms with Gasteiger partial charge in [-0.3, -0.25) is 4.79 Å². The number of amides is 1. The molecule has 0 bridgehead atoms. The number of hydrogen-bond donors (Lipinski definition) is 1. The number of carbonyl (C=O) groups is 1. The minimum Gasteiger partial charge on any atom is -0.491 e. The van der Waals surface area contributed by atoms with Crippen LogP contribution in [0.4, 0.5) is 0 Å². The monoisotopic (exact) mass is 261 g/mol. The van der Waals surface area contributed by atoms with E-state index in [9.17, 15) is 13.2 Å². The molecule has 1 N–H and O–H groups in total. The fourth-order valence-electron chi connectivity index (χ4n) is 1.38. The summed E-state index contributed by atoms with van der Waals surface area (Å²) in [5.74, 6) is -0.0530. The highest BCUT2D eigenvalue weighted by molar-refractivity contribution is 8.13. The Kier molecular flexibility index (Phi) is 2.77. The van der Waals surface area contributed by atoms with Crippen LogP contribution in [0, 0.1) is 0 Å². The van der Waals surface area contributed by atoms with Gasteiger partial charge in [-0.2, -0.15) is 0 Å². The van der Waals surface area contributed by atoms with Gasteiger partial charge in [0.25, 0.3) is 15.0 Å². The Morgan fingerprint density at radius 2 is 2.12 bits per heavy atom. The predicted molar refractivity (Wildman–Crippen MR) is 57.3 cm³/mol. The van der Waals surface area contributed by atoms with Crippen LogP contribution in [0.2, 0.25) is 0 Å². The van der Waals surface area contributed by atoms with Gasteiger partial charge in [0.2, 0.25) is 0 Å². The third-order valence-electron chi connectivity index (χ3n) is 2.12. The van der Waals surface area contributed by atoms with Crippen molar-refractivity contribution in [3.63, 3.8) is 0 Å². The van der Waals surface area contributed by atoms with Crippen LogP contribution in [0.15, 0.2) is 23.1 Å². The van der Waals surface area contributed by atoms with Crippen molar-refractivity contribution in [2.45, 2.75) is 4.90 Å². The van der Waals surface area contributed by atoms with Gasteiger partial charge in [0.1, 0.15) is 12.4 Å². The third-order valence-corrected chi connectivity index (χ3v) is 3.48. The highest BCUT2D eigenvalue weighted by Crippen LogP contribution is 2.26. The highest BCUT2D eigenvalue weighted by atomic mass is 35.7. The maximum absolute atomic E-state index is 11.5. The maximum atomic E-state index is 11.5. The molecule has 1 aliphatic heterocycles. The van der Waals surface area contributed by atoms with Crippen LogP contribution in [-0.4, -0.2) is 27.5 Å². The molecule has 0 atom stereocenters. The second-order valence-electron chi connectivity index (χ2n) is 3.20. The minimum atomic E-state index is -3.81. The number of nitrogens with one attached hydrogen (secondary N) is 1. The van der Waals surface area contributed by atoms with Crippen molar-refractivity contribution < 1.29 is 17.9 Å². The predicted octanol–water partition coefficient (Wildman–Crippen LogP) is 0.736. The zero-order valence-corrected chi connectivity index (χ0v) is 9.64. The molecule has 1 aliphatic rings. The fraction of sp³-hybridized carbons (Fsp3) is 0.222. The smallest absolute Gasteiger partial charge is 0.261 e. The van der Waals surface area contributed by atoms with Gasteiger partial charge in [0, 0.05) is 16.7 Å². The van der Waals surface area contributed by atoms with E-state index in [1.54, 1.807) is 0 Å². The van der Waals surface area contributed by atoms with Crippen molar-refractivity contribution in [3.8, 4) is 5.75 Å². The van der Waals surface area contributed by atoms with Crippen molar-refractivity contribution in [2.24, 2.45) is 0 Å². The molecule has 5 nitrogen and oxygen atoms in total. The van der Waals surface area contributed by atoms with Crippen LogP contribution in [0.3, 0.4) is 0 Å². The molecule has 1 aromatic carbocycles. The zero-order valence-electron chi connectivity index (χ0n) is 8.07. The van der Waals surface area contributed by atoms with Gasteiger partial charge in [-0.05, 0) is 12.1 Å². The largest absolute Gasteiger partial charge is 0.491 e. The summed E-state index contributed by atoms with van der Waals surface area (Å²) in [6.07, 6.45) is 0. The lowest BCUT2D eigenvalue weighted by atomic mass is 10.2. The molecule has 2 rings (SSSR count). The molecule has 86 valence electrons. The molecular formula is C9H8ClNO4S. The average Bonchev–Trinajstić information content (AvgIpc) is 2.39.